The van der Waals surface area contributed by atoms with Crippen LogP contribution in [0.2, 0.25) is 0 Å². The van der Waals surface area contributed by atoms with Crippen molar-refractivity contribution in [2.75, 3.05) is 6.61 Å². The van der Waals surface area contributed by atoms with Gasteiger partial charge in [0.15, 0.2) is 11.6 Å². The highest BCUT2D eigenvalue weighted by Crippen LogP contribution is 2.17. The van der Waals surface area contributed by atoms with E-state index < -0.39 is 5.82 Å². The molecule has 0 heterocycles. The van der Waals surface area contributed by atoms with E-state index in [1.54, 1.807) is 13.0 Å². The monoisotopic (exact) mass is 170 g/mol. The van der Waals surface area contributed by atoms with Crippen molar-refractivity contribution in [2.24, 2.45) is 0 Å². The lowest BCUT2D eigenvalue weighted by Crippen LogP contribution is -1.95. The zero-order valence-electron chi connectivity index (χ0n) is 6.88. The summed E-state index contributed by atoms with van der Waals surface area (Å²) in [5.74, 6) is -0.196. The lowest BCUT2D eigenvalue weighted by molar-refractivity contribution is 0.279. The fourth-order valence-corrected chi connectivity index (χ4v) is 0.915. The molecular weight excluding hydrogens is 159 g/mol. The number of aliphatic hydroxyl groups is 1. The van der Waals surface area contributed by atoms with E-state index in [4.69, 9.17) is 9.84 Å². The van der Waals surface area contributed by atoms with Crippen LogP contribution in [0.25, 0.3) is 0 Å². The van der Waals surface area contributed by atoms with Crippen LogP contribution in [0.3, 0.4) is 0 Å². The molecule has 0 aromatic heterocycles. The van der Waals surface area contributed by atoms with Gasteiger partial charge in [-0.25, -0.2) is 4.39 Å². The van der Waals surface area contributed by atoms with Gasteiger partial charge in [-0.3, -0.25) is 0 Å². The standard InChI is InChI=1S/C9H11FO2/c1-2-12-9-4-3-7(6-11)5-8(9)10/h3-5,11H,2,6H2,1H3. The minimum Gasteiger partial charge on any atom is -0.491 e. The third-order valence-corrected chi connectivity index (χ3v) is 1.48. The number of aliphatic hydroxyl groups excluding tert-OH is 1. The average Bonchev–Trinajstić information content (AvgIpc) is 2.09. The quantitative estimate of drug-likeness (QED) is 0.748. The fraction of sp³-hybridized carbons (Fsp3) is 0.333. The van der Waals surface area contributed by atoms with Gasteiger partial charge in [0.05, 0.1) is 13.2 Å². The Hall–Kier alpha value is -1.09. The molecule has 0 radical (unpaired) electrons. The van der Waals surface area contributed by atoms with Crippen LogP contribution in [-0.2, 0) is 6.61 Å². The SMILES string of the molecule is CCOc1ccc(CO)cc1F. The molecule has 1 aromatic carbocycles. The molecule has 0 fully saturated rings. The van der Waals surface area contributed by atoms with Gasteiger partial charge >= 0.3 is 0 Å². The number of ether oxygens (including phenoxy) is 1. The van der Waals surface area contributed by atoms with Crippen molar-refractivity contribution in [3.8, 4) is 5.75 Å². The van der Waals surface area contributed by atoms with Crippen molar-refractivity contribution in [1.82, 2.24) is 0 Å². The Morgan fingerprint density at radius 1 is 1.50 bits per heavy atom. The van der Waals surface area contributed by atoms with Crippen molar-refractivity contribution in [2.45, 2.75) is 13.5 Å². The van der Waals surface area contributed by atoms with E-state index in [-0.39, 0.29) is 12.4 Å². The third-order valence-electron chi connectivity index (χ3n) is 1.48. The molecule has 0 amide bonds. The summed E-state index contributed by atoms with van der Waals surface area (Å²) in [4.78, 5) is 0. The first kappa shape index (κ1) is 9.00. The van der Waals surface area contributed by atoms with Crippen molar-refractivity contribution < 1.29 is 14.2 Å². The van der Waals surface area contributed by atoms with Crippen molar-refractivity contribution in [1.29, 1.82) is 0 Å². The summed E-state index contributed by atoms with van der Waals surface area (Å²) in [6.07, 6.45) is 0. The van der Waals surface area contributed by atoms with Gasteiger partial charge in [-0.15, -0.1) is 0 Å². The van der Waals surface area contributed by atoms with Crippen molar-refractivity contribution in [3.63, 3.8) is 0 Å². The van der Waals surface area contributed by atoms with E-state index in [2.05, 4.69) is 0 Å². The molecular formula is C9H11FO2. The van der Waals surface area contributed by atoms with Gasteiger partial charge in [-0.2, -0.15) is 0 Å². The molecule has 1 rings (SSSR count). The smallest absolute Gasteiger partial charge is 0.165 e. The molecule has 3 heteroatoms. The van der Waals surface area contributed by atoms with Gasteiger partial charge in [0.2, 0.25) is 0 Å². The van der Waals surface area contributed by atoms with Crippen LogP contribution in [0, 0.1) is 5.82 Å². The molecule has 0 bridgehead atoms. The maximum atomic E-state index is 13.0. The van der Waals surface area contributed by atoms with E-state index in [9.17, 15) is 4.39 Å². The first-order valence-corrected chi connectivity index (χ1v) is 3.80. The Kier molecular flexibility index (Phi) is 3.05. The molecule has 12 heavy (non-hydrogen) atoms. The van der Waals surface area contributed by atoms with Crippen molar-refractivity contribution in [3.05, 3.63) is 29.6 Å². The maximum absolute atomic E-state index is 13.0. The van der Waals surface area contributed by atoms with E-state index in [1.807, 2.05) is 0 Å². The molecule has 2 nitrogen and oxygen atoms in total. The topological polar surface area (TPSA) is 29.5 Å². The normalized spacial score (nSPS) is 9.92. The summed E-state index contributed by atoms with van der Waals surface area (Å²) in [5.41, 5.74) is 0.552. The van der Waals surface area contributed by atoms with Crippen LogP contribution < -0.4 is 4.74 Å². The van der Waals surface area contributed by atoms with Crippen LogP contribution in [0.1, 0.15) is 12.5 Å². The van der Waals surface area contributed by atoms with E-state index in [0.29, 0.717) is 12.2 Å². The first-order valence-electron chi connectivity index (χ1n) is 3.80. The van der Waals surface area contributed by atoms with Crippen LogP contribution in [-0.4, -0.2) is 11.7 Å². The Balaban J connectivity index is 2.87. The summed E-state index contributed by atoms with van der Waals surface area (Å²) in [6, 6.07) is 4.42. The molecule has 0 saturated carbocycles. The molecule has 0 unspecified atom stereocenters. The van der Waals surface area contributed by atoms with Crippen LogP contribution in [0.4, 0.5) is 4.39 Å². The van der Waals surface area contributed by atoms with Crippen LogP contribution in [0.5, 0.6) is 5.75 Å². The zero-order valence-corrected chi connectivity index (χ0v) is 6.88. The van der Waals surface area contributed by atoms with E-state index >= 15 is 0 Å². The zero-order chi connectivity index (χ0) is 8.97. The second kappa shape index (κ2) is 4.07. The Bertz CT molecular complexity index is 261. The molecule has 0 atom stereocenters. The Morgan fingerprint density at radius 3 is 2.75 bits per heavy atom. The first-order chi connectivity index (χ1) is 5.77. The summed E-state index contributed by atoms with van der Waals surface area (Å²) >= 11 is 0. The molecule has 0 aliphatic heterocycles. The lowest BCUT2D eigenvalue weighted by atomic mass is 10.2. The molecule has 1 aromatic rings. The minimum absolute atomic E-state index is 0.149. The number of hydrogen-bond donors (Lipinski definition) is 1. The molecule has 1 N–H and O–H groups in total. The molecule has 66 valence electrons. The highest BCUT2D eigenvalue weighted by molar-refractivity contribution is 5.28. The summed E-state index contributed by atoms with van der Waals surface area (Å²) in [5, 5.41) is 8.68. The highest BCUT2D eigenvalue weighted by atomic mass is 19.1. The molecule has 0 saturated heterocycles. The van der Waals surface area contributed by atoms with Gasteiger partial charge in [0.1, 0.15) is 0 Å². The minimum atomic E-state index is -0.427. The highest BCUT2D eigenvalue weighted by Gasteiger charge is 2.02. The predicted octanol–water partition coefficient (Wildman–Crippen LogP) is 1.72. The van der Waals surface area contributed by atoms with Gasteiger partial charge < -0.3 is 9.84 Å². The van der Waals surface area contributed by atoms with Gasteiger partial charge in [-0.05, 0) is 24.6 Å². The second-order valence-corrected chi connectivity index (χ2v) is 2.36. The van der Waals surface area contributed by atoms with E-state index in [1.165, 1.54) is 12.1 Å². The fourth-order valence-electron chi connectivity index (χ4n) is 0.915. The molecule has 0 aliphatic carbocycles. The average molecular weight is 170 g/mol. The third kappa shape index (κ3) is 1.95. The van der Waals surface area contributed by atoms with Crippen LogP contribution in [0.15, 0.2) is 18.2 Å². The lowest BCUT2D eigenvalue weighted by Gasteiger charge is -2.04. The predicted molar refractivity (Wildman–Crippen MR) is 43.5 cm³/mol. The largest absolute Gasteiger partial charge is 0.491 e. The summed E-state index contributed by atoms with van der Waals surface area (Å²) in [6.45, 7) is 2.08. The summed E-state index contributed by atoms with van der Waals surface area (Å²) < 4.78 is 18.0. The maximum Gasteiger partial charge on any atom is 0.165 e. The number of halogens is 1. The van der Waals surface area contributed by atoms with Gasteiger partial charge in [0.25, 0.3) is 0 Å². The Morgan fingerprint density at radius 2 is 2.25 bits per heavy atom. The van der Waals surface area contributed by atoms with E-state index in [0.717, 1.165) is 0 Å². The van der Waals surface area contributed by atoms with Gasteiger partial charge in [-0.1, -0.05) is 6.07 Å². The summed E-state index contributed by atoms with van der Waals surface area (Å²) in [7, 11) is 0. The van der Waals surface area contributed by atoms with Crippen molar-refractivity contribution >= 4 is 0 Å². The number of rotatable bonds is 3. The van der Waals surface area contributed by atoms with Crippen LogP contribution >= 0.6 is 0 Å². The number of benzene rings is 1. The van der Waals surface area contributed by atoms with Gasteiger partial charge in [0, 0.05) is 0 Å². The second-order valence-electron chi connectivity index (χ2n) is 2.36. The Labute approximate surface area is 70.6 Å². The molecule has 0 aliphatic rings. The molecule has 0 spiro atoms. The number of hydrogen-bond acceptors (Lipinski definition) is 2.